The lowest BCUT2D eigenvalue weighted by atomic mass is 9.75. The van der Waals surface area contributed by atoms with Gasteiger partial charge in [0, 0.05) is 12.6 Å². The van der Waals surface area contributed by atoms with Crippen LogP contribution >= 0.6 is 0 Å². The lowest BCUT2D eigenvalue weighted by Gasteiger charge is -2.34. The molecule has 2 rings (SSSR count). The summed E-state index contributed by atoms with van der Waals surface area (Å²) in [5.74, 6) is -0.767. The molecule has 0 unspecified atom stereocenters. The molecule has 3 nitrogen and oxygen atoms in total. The molecule has 110 valence electrons. The minimum atomic E-state index is -0.767. The average molecular weight is 275 g/mol. The second kappa shape index (κ2) is 6.40. The van der Waals surface area contributed by atoms with E-state index < -0.39 is 5.97 Å². The predicted octanol–water partition coefficient (Wildman–Crippen LogP) is 3.37. The van der Waals surface area contributed by atoms with E-state index in [1.54, 1.807) is 0 Å². The van der Waals surface area contributed by atoms with Crippen molar-refractivity contribution in [3.8, 4) is 0 Å². The molecule has 0 amide bonds. The molecule has 0 radical (unpaired) electrons. The van der Waals surface area contributed by atoms with Crippen LogP contribution in [0, 0.1) is 5.41 Å². The number of benzene rings is 1. The highest BCUT2D eigenvalue weighted by Crippen LogP contribution is 2.35. The summed E-state index contributed by atoms with van der Waals surface area (Å²) in [6, 6.07) is 8.39. The summed E-state index contributed by atoms with van der Waals surface area (Å²) in [7, 11) is 0. The van der Waals surface area contributed by atoms with E-state index in [2.05, 4.69) is 19.2 Å². The zero-order valence-electron chi connectivity index (χ0n) is 12.5. The van der Waals surface area contributed by atoms with Crippen LogP contribution in [0.15, 0.2) is 24.3 Å². The van der Waals surface area contributed by atoms with Crippen LogP contribution in [0.5, 0.6) is 0 Å². The summed E-state index contributed by atoms with van der Waals surface area (Å²) in [5, 5.41) is 12.5. The number of aliphatic carboxylic acids is 1. The van der Waals surface area contributed by atoms with Gasteiger partial charge in [-0.15, -0.1) is 0 Å². The molecule has 0 heterocycles. The number of hydrogen-bond acceptors (Lipinski definition) is 2. The molecule has 1 aromatic carbocycles. The van der Waals surface area contributed by atoms with Crippen molar-refractivity contribution in [2.45, 2.75) is 58.5 Å². The molecule has 20 heavy (non-hydrogen) atoms. The molecule has 0 saturated heterocycles. The maximum absolute atomic E-state index is 10.9. The molecular formula is C17H25NO2. The third kappa shape index (κ3) is 4.34. The Morgan fingerprint density at radius 2 is 1.85 bits per heavy atom. The third-order valence-electron chi connectivity index (χ3n) is 4.38. The zero-order valence-corrected chi connectivity index (χ0v) is 12.5. The van der Waals surface area contributed by atoms with E-state index in [9.17, 15) is 4.79 Å². The molecule has 1 aliphatic rings. The van der Waals surface area contributed by atoms with Crippen molar-refractivity contribution in [2.24, 2.45) is 5.41 Å². The first-order chi connectivity index (χ1) is 9.46. The zero-order chi connectivity index (χ0) is 14.6. The molecule has 1 aliphatic carbocycles. The number of carbonyl (C=O) groups is 1. The first kappa shape index (κ1) is 15.0. The summed E-state index contributed by atoms with van der Waals surface area (Å²) in [6.07, 6.45) is 5.07. The molecule has 0 bridgehead atoms. The Labute approximate surface area is 121 Å². The Morgan fingerprint density at radius 1 is 1.25 bits per heavy atom. The normalized spacial score (nSPS) is 18.9. The van der Waals surface area contributed by atoms with Gasteiger partial charge in [-0.25, -0.2) is 0 Å². The van der Waals surface area contributed by atoms with E-state index >= 15 is 0 Å². The van der Waals surface area contributed by atoms with E-state index in [0.29, 0.717) is 11.5 Å². The number of carboxylic acid groups (broad SMARTS) is 1. The summed E-state index contributed by atoms with van der Waals surface area (Å²) >= 11 is 0. The summed E-state index contributed by atoms with van der Waals surface area (Å²) in [5.41, 5.74) is 2.52. The van der Waals surface area contributed by atoms with Gasteiger partial charge < -0.3 is 10.4 Å². The SMILES string of the molecule is CC1(C)CCC(NCc2ccccc2CC(=O)O)CC1. The first-order valence-electron chi connectivity index (χ1n) is 7.48. The standard InChI is InChI=1S/C17H25NO2/c1-17(2)9-7-15(8-10-17)18-12-14-6-4-3-5-13(14)11-16(19)20/h3-6,15,18H,7-12H2,1-2H3,(H,19,20). The predicted molar refractivity (Wildman–Crippen MR) is 80.7 cm³/mol. The Bertz CT molecular complexity index is 458. The largest absolute Gasteiger partial charge is 0.481 e. The Balaban J connectivity index is 1.90. The van der Waals surface area contributed by atoms with Gasteiger partial charge in [0.2, 0.25) is 0 Å². The maximum atomic E-state index is 10.9. The van der Waals surface area contributed by atoms with Crippen LogP contribution in [0.2, 0.25) is 0 Å². The smallest absolute Gasteiger partial charge is 0.307 e. The topological polar surface area (TPSA) is 49.3 Å². The monoisotopic (exact) mass is 275 g/mol. The number of rotatable bonds is 5. The molecule has 1 aromatic rings. The van der Waals surface area contributed by atoms with Gasteiger partial charge in [0.25, 0.3) is 0 Å². The lowest BCUT2D eigenvalue weighted by molar-refractivity contribution is -0.136. The van der Waals surface area contributed by atoms with Crippen molar-refractivity contribution >= 4 is 5.97 Å². The Morgan fingerprint density at radius 3 is 2.45 bits per heavy atom. The third-order valence-corrected chi connectivity index (χ3v) is 4.38. The fourth-order valence-corrected chi connectivity index (χ4v) is 2.92. The van der Waals surface area contributed by atoms with Gasteiger partial charge in [0.1, 0.15) is 0 Å². The fourth-order valence-electron chi connectivity index (χ4n) is 2.92. The number of carboxylic acids is 1. The van der Waals surface area contributed by atoms with E-state index in [-0.39, 0.29) is 6.42 Å². The molecule has 1 fully saturated rings. The highest BCUT2D eigenvalue weighted by Gasteiger charge is 2.26. The van der Waals surface area contributed by atoms with Crippen LogP contribution < -0.4 is 5.32 Å². The van der Waals surface area contributed by atoms with Gasteiger partial charge in [-0.05, 0) is 42.2 Å². The summed E-state index contributed by atoms with van der Waals surface area (Å²) < 4.78 is 0. The second-order valence-corrected chi connectivity index (χ2v) is 6.66. The van der Waals surface area contributed by atoms with Gasteiger partial charge in [0.05, 0.1) is 6.42 Å². The average Bonchev–Trinajstić information content (AvgIpc) is 2.38. The summed E-state index contributed by atoms with van der Waals surface area (Å²) in [6.45, 7) is 5.45. The van der Waals surface area contributed by atoms with Crippen LogP contribution in [0.4, 0.5) is 0 Å². The van der Waals surface area contributed by atoms with Crippen molar-refractivity contribution in [3.05, 3.63) is 35.4 Å². The van der Waals surface area contributed by atoms with E-state index in [0.717, 1.165) is 17.7 Å². The van der Waals surface area contributed by atoms with Crippen LogP contribution in [0.25, 0.3) is 0 Å². The van der Waals surface area contributed by atoms with Gasteiger partial charge in [-0.2, -0.15) is 0 Å². The van der Waals surface area contributed by atoms with Gasteiger partial charge in [0.15, 0.2) is 0 Å². The van der Waals surface area contributed by atoms with Crippen molar-refractivity contribution in [1.82, 2.24) is 5.32 Å². The fraction of sp³-hybridized carbons (Fsp3) is 0.588. The molecule has 2 N–H and O–H groups in total. The minimum absolute atomic E-state index is 0.107. The molecule has 0 spiro atoms. The molecule has 0 aromatic heterocycles. The van der Waals surface area contributed by atoms with Gasteiger partial charge in [-0.1, -0.05) is 38.1 Å². The van der Waals surface area contributed by atoms with Crippen LogP contribution in [-0.2, 0) is 17.8 Å². The highest BCUT2D eigenvalue weighted by molar-refractivity contribution is 5.70. The maximum Gasteiger partial charge on any atom is 0.307 e. The van der Waals surface area contributed by atoms with Crippen LogP contribution in [-0.4, -0.2) is 17.1 Å². The number of nitrogens with one attached hydrogen (secondary N) is 1. The van der Waals surface area contributed by atoms with Crippen molar-refractivity contribution in [3.63, 3.8) is 0 Å². The van der Waals surface area contributed by atoms with E-state index in [1.807, 2.05) is 24.3 Å². The molecule has 0 atom stereocenters. The molecule has 0 aliphatic heterocycles. The van der Waals surface area contributed by atoms with Gasteiger partial charge >= 0.3 is 5.97 Å². The second-order valence-electron chi connectivity index (χ2n) is 6.66. The quantitative estimate of drug-likeness (QED) is 0.866. The Kier molecular flexibility index (Phi) is 4.81. The highest BCUT2D eigenvalue weighted by atomic mass is 16.4. The van der Waals surface area contributed by atoms with E-state index in [1.165, 1.54) is 25.7 Å². The molecular weight excluding hydrogens is 250 g/mol. The lowest BCUT2D eigenvalue weighted by Crippen LogP contribution is -2.35. The van der Waals surface area contributed by atoms with Crippen molar-refractivity contribution in [1.29, 1.82) is 0 Å². The van der Waals surface area contributed by atoms with E-state index in [4.69, 9.17) is 5.11 Å². The molecule has 3 heteroatoms. The first-order valence-corrected chi connectivity index (χ1v) is 7.48. The molecule has 1 saturated carbocycles. The Hall–Kier alpha value is -1.35. The minimum Gasteiger partial charge on any atom is -0.481 e. The van der Waals surface area contributed by atoms with Crippen molar-refractivity contribution < 1.29 is 9.90 Å². The van der Waals surface area contributed by atoms with Crippen molar-refractivity contribution in [2.75, 3.05) is 0 Å². The van der Waals surface area contributed by atoms with Gasteiger partial charge in [-0.3, -0.25) is 4.79 Å². The van der Waals surface area contributed by atoms with Crippen LogP contribution in [0.1, 0.15) is 50.7 Å². The van der Waals surface area contributed by atoms with Crippen LogP contribution in [0.3, 0.4) is 0 Å². The number of hydrogen-bond donors (Lipinski definition) is 2. The summed E-state index contributed by atoms with van der Waals surface area (Å²) in [4.78, 5) is 10.9.